The SMILES string of the molecule is [CH2]OC(=O)CSC1=CNN(C)S1. The van der Waals surface area contributed by atoms with Gasteiger partial charge in [0.25, 0.3) is 0 Å². The number of esters is 1. The fraction of sp³-hybridized carbons (Fsp3) is 0.333. The lowest BCUT2D eigenvalue weighted by Gasteiger charge is -2.05. The van der Waals surface area contributed by atoms with Gasteiger partial charge in [0.1, 0.15) is 7.11 Å². The van der Waals surface area contributed by atoms with Crippen molar-refractivity contribution in [1.29, 1.82) is 0 Å². The van der Waals surface area contributed by atoms with Crippen molar-refractivity contribution in [3.8, 4) is 0 Å². The first-order valence-corrected chi connectivity index (χ1v) is 4.94. The second kappa shape index (κ2) is 4.64. The maximum Gasteiger partial charge on any atom is 0.316 e. The number of thioether (sulfide) groups is 1. The molecule has 0 bridgehead atoms. The van der Waals surface area contributed by atoms with E-state index in [-0.39, 0.29) is 5.97 Å². The number of ether oxygens (including phenoxy) is 1. The van der Waals surface area contributed by atoms with Gasteiger partial charge >= 0.3 is 5.97 Å². The highest BCUT2D eigenvalue weighted by Gasteiger charge is 2.12. The predicted octanol–water partition coefficient (Wildman–Crippen LogP) is 0.951. The molecule has 0 unspecified atom stereocenters. The highest BCUT2D eigenvalue weighted by atomic mass is 32.2. The number of hydrogen-bond acceptors (Lipinski definition) is 6. The summed E-state index contributed by atoms with van der Waals surface area (Å²) in [7, 11) is 4.93. The standard InChI is InChI=1S/C6H9N2O2S2/c1-8-7-3-6(12-8)11-4-5(9)10-2/h3,7H,2,4H2,1H3. The van der Waals surface area contributed by atoms with Crippen LogP contribution >= 0.6 is 23.7 Å². The number of rotatable bonds is 3. The molecule has 67 valence electrons. The summed E-state index contributed by atoms with van der Waals surface area (Å²) in [4.78, 5) is 10.7. The Hall–Kier alpha value is -0.330. The summed E-state index contributed by atoms with van der Waals surface area (Å²) in [5.74, 6) is -0.00578. The molecule has 0 fully saturated rings. The van der Waals surface area contributed by atoms with Gasteiger partial charge in [0.15, 0.2) is 0 Å². The zero-order valence-electron chi connectivity index (χ0n) is 6.57. The summed E-state index contributed by atoms with van der Waals surface area (Å²) in [6.45, 7) is 0. The van der Waals surface area contributed by atoms with E-state index in [1.54, 1.807) is 0 Å². The van der Waals surface area contributed by atoms with Crippen LogP contribution in [0.3, 0.4) is 0 Å². The first kappa shape index (κ1) is 9.76. The predicted molar refractivity (Wildman–Crippen MR) is 50.5 cm³/mol. The maximum atomic E-state index is 10.7. The Morgan fingerprint density at radius 2 is 2.75 bits per heavy atom. The summed E-state index contributed by atoms with van der Waals surface area (Å²) in [6, 6.07) is 0. The minimum atomic E-state index is -0.309. The molecule has 1 rings (SSSR count). The molecule has 1 heterocycles. The third kappa shape index (κ3) is 2.96. The van der Waals surface area contributed by atoms with Crippen molar-refractivity contribution in [1.82, 2.24) is 9.84 Å². The summed E-state index contributed by atoms with van der Waals surface area (Å²) in [5.41, 5.74) is 2.96. The number of carbonyl (C=O) groups excluding carboxylic acids is 1. The minimum absolute atomic E-state index is 0.303. The van der Waals surface area contributed by atoms with Crippen LogP contribution in [0.15, 0.2) is 10.4 Å². The molecule has 0 aromatic heterocycles. The molecular formula is C6H9N2O2S2. The molecule has 0 amide bonds. The van der Waals surface area contributed by atoms with Crippen molar-refractivity contribution >= 4 is 29.7 Å². The molecule has 1 N–H and O–H groups in total. The molecule has 0 aromatic rings. The lowest BCUT2D eigenvalue weighted by molar-refractivity contribution is -0.135. The van der Waals surface area contributed by atoms with Gasteiger partial charge in [-0.05, 0) is 11.9 Å². The van der Waals surface area contributed by atoms with Crippen LogP contribution in [0.1, 0.15) is 0 Å². The Bertz CT molecular complexity index is 208. The zero-order chi connectivity index (χ0) is 8.97. The van der Waals surface area contributed by atoms with Gasteiger partial charge in [0.2, 0.25) is 0 Å². The maximum absolute atomic E-state index is 10.7. The summed E-state index contributed by atoms with van der Waals surface area (Å²) in [5, 5.41) is 0. The fourth-order valence-corrected chi connectivity index (χ4v) is 2.25. The normalized spacial score (nSPS) is 17.0. The third-order valence-corrected chi connectivity index (χ3v) is 3.12. The van der Waals surface area contributed by atoms with E-state index >= 15 is 0 Å². The first-order valence-electron chi connectivity index (χ1n) is 3.18. The van der Waals surface area contributed by atoms with Crippen LogP contribution in [0.25, 0.3) is 0 Å². The average molecular weight is 205 g/mol. The molecule has 0 saturated heterocycles. The van der Waals surface area contributed by atoms with Crippen LogP contribution in [0.5, 0.6) is 0 Å². The number of hydrogen-bond donors (Lipinski definition) is 1. The smallest absolute Gasteiger partial charge is 0.316 e. The van der Waals surface area contributed by atoms with Gasteiger partial charge in [-0.2, -0.15) is 4.41 Å². The molecule has 0 saturated carbocycles. The summed E-state index contributed by atoms with van der Waals surface area (Å²) < 4.78 is 7.15. The second-order valence-electron chi connectivity index (χ2n) is 1.99. The minimum Gasteiger partial charge on any atom is -0.461 e. The van der Waals surface area contributed by atoms with Crippen molar-refractivity contribution in [2.45, 2.75) is 0 Å². The first-order chi connectivity index (χ1) is 5.72. The molecule has 4 nitrogen and oxygen atoms in total. The van der Waals surface area contributed by atoms with Gasteiger partial charge in [0.05, 0.1) is 9.99 Å². The van der Waals surface area contributed by atoms with E-state index in [1.807, 2.05) is 17.7 Å². The van der Waals surface area contributed by atoms with Gasteiger partial charge in [-0.25, -0.2) is 0 Å². The monoisotopic (exact) mass is 205 g/mol. The number of nitrogens with one attached hydrogen (secondary N) is 1. The van der Waals surface area contributed by atoms with Crippen LogP contribution in [0, 0.1) is 7.11 Å². The van der Waals surface area contributed by atoms with Gasteiger partial charge < -0.3 is 10.2 Å². The molecule has 0 aliphatic carbocycles. The van der Waals surface area contributed by atoms with Crippen molar-refractivity contribution in [3.05, 3.63) is 17.5 Å². The highest BCUT2D eigenvalue weighted by molar-refractivity contribution is 8.21. The van der Waals surface area contributed by atoms with E-state index < -0.39 is 0 Å². The zero-order valence-corrected chi connectivity index (χ0v) is 8.20. The van der Waals surface area contributed by atoms with Crippen LogP contribution in [-0.4, -0.2) is 23.2 Å². The Balaban J connectivity index is 2.20. The van der Waals surface area contributed by atoms with E-state index in [9.17, 15) is 4.79 Å². The van der Waals surface area contributed by atoms with E-state index in [1.165, 1.54) is 23.7 Å². The van der Waals surface area contributed by atoms with E-state index in [2.05, 4.69) is 17.3 Å². The summed E-state index contributed by atoms with van der Waals surface area (Å²) in [6.07, 6.45) is 1.84. The lowest BCUT2D eigenvalue weighted by atomic mass is 10.8. The van der Waals surface area contributed by atoms with Crippen molar-refractivity contribution < 1.29 is 9.53 Å². The Kier molecular flexibility index (Phi) is 3.77. The van der Waals surface area contributed by atoms with Gasteiger partial charge in [0, 0.05) is 13.2 Å². The molecule has 6 heteroatoms. The summed E-state index contributed by atoms with van der Waals surface area (Å²) >= 11 is 2.96. The van der Waals surface area contributed by atoms with Crippen molar-refractivity contribution in [2.24, 2.45) is 0 Å². The topological polar surface area (TPSA) is 41.6 Å². The van der Waals surface area contributed by atoms with Crippen LogP contribution in [0.4, 0.5) is 0 Å². The second-order valence-corrected chi connectivity index (χ2v) is 4.43. The van der Waals surface area contributed by atoms with Crippen LogP contribution < -0.4 is 5.43 Å². The quantitative estimate of drug-likeness (QED) is 0.546. The Morgan fingerprint density at radius 1 is 2.00 bits per heavy atom. The Morgan fingerprint density at radius 3 is 3.25 bits per heavy atom. The van der Waals surface area contributed by atoms with E-state index in [0.717, 1.165) is 4.24 Å². The van der Waals surface area contributed by atoms with Crippen LogP contribution in [0.2, 0.25) is 0 Å². The molecule has 12 heavy (non-hydrogen) atoms. The number of carbonyl (C=O) groups is 1. The van der Waals surface area contributed by atoms with Crippen molar-refractivity contribution in [2.75, 3.05) is 12.8 Å². The van der Waals surface area contributed by atoms with Gasteiger partial charge in [-0.3, -0.25) is 4.79 Å². The van der Waals surface area contributed by atoms with Crippen LogP contribution in [-0.2, 0) is 9.53 Å². The fourth-order valence-electron chi connectivity index (χ4n) is 0.571. The molecule has 1 aliphatic rings. The molecule has 0 atom stereocenters. The lowest BCUT2D eigenvalue weighted by Crippen LogP contribution is -2.16. The number of nitrogens with zero attached hydrogens (tertiary/aromatic N) is 1. The third-order valence-electron chi connectivity index (χ3n) is 1.08. The largest absolute Gasteiger partial charge is 0.461 e. The molecule has 1 aliphatic heterocycles. The number of hydrazine groups is 1. The van der Waals surface area contributed by atoms with Gasteiger partial charge in [-0.15, -0.1) is 11.8 Å². The van der Waals surface area contributed by atoms with E-state index in [4.69, 9.17) is 0 Å². The van der Waals surface area contributed by atoms with E-state index in [0.29, 0.717) is 5.75 Å². The Labute approximate surface area is 79.8 Å². The van der Waals surface area contributed by atoms with Gasteiger partial charge in [-0.1, -0.05) is 0 Å². The highest BCUT2D eigenvalue weighted by Crippen LogP contribution is 2.32. The van der Waals surface area contributed by atoms with Crippen molar-refractivity contribution in [3.63, 3.8) is 0 Å². The molecule has 0 aromatic carbocycles. The molecule has 0 spiro atoms. The molecular weight excluding hydrogens is 196 g/mol. The molecule has 1 radical (unpaired) electrons. The average Bonchev–Trinajstić information content (AvgIpc) is 2.47.